The average molecular weight is 386 g/mol. The van der Waals surface area contributed by atoms with Crippen molar-refractivity contribution in [1.29, 1.82) is 0 Å². The van der Waals surface area contributed by atoms with Crippen LogP contribution in [0.2, 0.25) is 0 Å². The Kier molecular flexibility index (Phi) is 4.35. The molecule has 144 valence electrons. The highest BCUT2D eigenvalue weighted by molar-refractivity contribution is 5.72. The van der Waals surface area contributed by atoms with Gasteiger partial charge in [-0.3, -0.25) is 9.88 Å². The lowest BCUT2D eigenvalue weighted by Crippen LogP contribution is -2.41. The summed E-state index contributed by atoms with van der Waals surface area (Å²) in [6.45, 7) is 0.993. The van der Waals surface area contributed by atoms with E-state index >= 15 is 0 Å². The SMILES string of the molecule is O=C1OC[C@@H]2C(/C=C/c3ccc(-c4cccc(F)c4)nc3)c3ccccc3CN12. The molecule has 29 heavy (non-hydrogen) atoms. The number of benzene rings is 2. The molecule has 1 unspecified atom stereocenters. The molecule has 2 atom stereocenters. The number of hydrogen-bond acceptors (Lipinski definition) is 3. The number of halogens is 1. The Balaban J connectivity index is 1.42. The fourth-order valence-corrected chi connectivity index (χ4v) is 4.11. The summed E-state index contributed by atoms with van der Waals surface area (Å²) in [5, 5.41) is 0. The molecule has 0 radical (unpaired) electrons. The van der Waals surface area contributed by atoms with E-state index in [-0.39, 0.29) is 23.9 Å². The highest BCUT2D eigenvalue weighted by atomic mass is 19.1. The number of amides is 1. The zero-order valence-corrected chi connectivity index (χ0v) is 15.7. The van der Waals surface area contributed by atoms with E-state index in [2.05, 4.69) is 23.2 Å². The molecule has 0 saturated carbocycles. The van der Waals surface area contributed by atoms with E-state index in [1.165, 1.54) is 17.7 Å². The Hall–Kier alpha value is -3.47. The van der Waals surface area contributed by atoms with Gasteiger partial charge in [0.2, 0.25) is 0 Å². The second-order valence-electron chi connectivity index (χ2n) is 7.34. The van der Waals surface area contributed by atoms with Gasteiger partial charge in [0.05, 0.1) is 11.7 Å². The van der Waals surface area contributed by atoms with Gasteiger partial charge in [0.15, 0.2) is 0 Å². The van der Waals surface area contributed by atoms with Crippen LogP contribution in [0.25, 0.3) is 17.3 Å². The van der Waals surface area contributed by atoms with E-state index in [0.29, 0.717) is 13.2 Å². The van der Waals surface area contributed by atoms with Crippen LogP contribution >= 0.6 is 0 Å². The van der Waals surface area contributed by atoms with Crippen molar-refractivity contribution < 1.29 is 13.9 Å². The first-order chi connectivity index (χ1) is 14.2. The normalized spacial score (nSPS) is 20.4. The minimum absolute atomic E-state index is 0.00757. The lowest BCUT2D eigenvalue weighted by Gasteiger charge is -2.34. The van der Waals surface area contributed by atoms with Crippen LogP contribution in [0.15, 0.2) is 72.9 Å². The van der Waals surface area contributed by atoms with Gasteiger partial charge in [0.1, 0.15) is 12.4 Å². The van der Waals surface area contributed by atoms with Crippen LogP contribution in [0.4, 0.5) is 9.18 Å². The van der Waals surface area contributed by atoms with Gasteiger partial charge in [-0.05, 0) is 34.9 Å². The molecule has 5 rings (SSSR count). The predicted molar refractivity (Wildman–Crippen MR) is 109 cm³/mol. The van der Waals surface area contributed by atoms with E-state index in [9.17, 15) is 9.18 Å². The Morgan fingerprint density at radius 3 is 2.83 bits per heavy atom. The van der Waals surface area contributed by atoms with E-state index in [1.807, 2.05) is 41.3 Å². The molecule has 0 aliphatic carbocycles. The molecule has 3 aromatic rings. The lowest BCUT2D eigenvalue weighted by molar-refractivity contribution is 0.154. The standard InChI is InChI=1S/C24H19FN2O2/c25-19-6-3-5-17(12-19)22-11-9-16(13-26-22)8-10-21-20-7-2-1-4-18(20)14-27-23(21)15-29-24(27)28/h1-13,21,23H,14-15H2/b10-8+/t21?,23-/m1/s1. The molecule has 4 nitrogen and oxygen atoms in total. The lowest BCUT2D eigenvalue weighted by atomic mass is 9.83. The summed E-state index contributed by atoms with van der Waals surface area (Å²) in [4.78, 5) is 18.4. The smallest absolute Gasteiger partial charge is 0.410 e. The molecule has 2 aromatic carbocycles. The highest BCUT2D eigenvalue weighted by Crippen LogP contribution is 2.37. The summed E-state index contributed by atoms with van der Waals surface area (Å²) < 4.78 is 18.7. The number of ether oxygens (including phenoxy) is 1. The first kappa shape index (κ1) is 17.6. The number of rotatable bonds is 3. The third-order valence-corrected chi connectivity index (χ3v) is 5.58. The summed E-state index contributed by atoms with van der Waals surface area (Å²) in [6.07, 6.45) is 5.68. The largest absolute Gasteiger partial charge is 0.447 e. The third kappa shape index (κ3) is 3.29. The Morgan fingerprint density at radius 1 is 1.10 bits per heavy atom. The van der Waals surface area contributed by atoms with Crippen molar-refractivity contribution in [3.05, 3.63) is 95.4 Å². The fourth-order valence-electron chi connectivity index (χ4n) is 4.11. The molecule has 1 fully saturated rings. The molecule has 5 heteroatoms. The van der Waals surface area contributed by atoms with Crippen LogP contribution in [-0.2, 0) is 11.3 Å². The van der Waals surface area contributed by atoms with Crippen LogP contribution in [0.3, 0.4) is 0 Å². The van der Waals surface area contributed by atoms with Crippen LogP contribution in [-0.4, -0.2) is 28.6 Å². The first-order valence-electron chi connectivity index (χ1n) is 9.60. The van der Waals surface area contributed by atoms with Gasteiger partial charge in [0, 0.05) is 24.2 Å². The molecule has 1 saturated heterocycles. The Morgan fingerprint density at radius 2 is 2.00 bits per heavy atom. The maximum atomic E-state index is 13.4. The van der Waals surface area contributed by atoms with Gasteiger partial charge in [-0.1, -0.05) is 54.6 Å². The maximum absolute atomic E-state index is 13.4. The number of cyclic esters (lactones) is 1. The number of nitrogens with zero attached hydrogens (tertiary/aromatic N) is 2. The molecule has 2 aliphatic rings. The van der Waals surface area contributed by atoms with Gasteiger partial charge in [0.25, 0.3) is 0 Å². The molecule has 2 aliphatic heterocycles. The summed E-state index contributed by atoms with van der Waals surface area (Å²) in [6, 6.07) is 18.5. The third-order valence-electron chi connectivity index (χ3n) is 5.58. The molecular formula is C24H19FN2O2. The van der Waals surface area contributed by atoms with Crippen molar-refractivity contribution in [1.82, 2.24) is 9.88 Å². The quantitative estimate of drug-likeness (QED) is 0.635. The van der Waals surface area contributed by atoms with E-state index in [4.69, 9.17) is 4.74 Å². The molecule has 1 aromatic heterocycles. The van der Waals surface area contributed by atoms with Crippen molar-refractivity contribution in [2.24, 2.45) is 0 Å². The van der Waals surface area contributed by atoms with Gasteiger partial charge in [-0.25, -0.2) is 9.18 Å². The Bertz CT molecular complexity index is 1090. The predicted octanol–water partition coefficient (Wildman–Crippen LogP) is 5.02. The number of hydrogen-bond donors (Lipinski definition) is 0. The zero-order chi connectivity index (χ0) is 19.8. The topological polar surface area (TPSA) is 42.4 Å². The van der Waals surface area contributed by atoms with Crippen molar-refractivity contribution in [3.8, 4) is 11.3 Å². The van der Waals surface area contributed by atoms with E-state index in [0.717, 1.165) is 22.4 Å². The van der Waals surface area contributed by atoms with Crippen molar-refractivity contribution >= 4 is 12.2 Å². The minimum Gasteiger partial charge on any atom is -0.447 e. The van der Waals surface area contributed by atoms with Gasteiger partial charge < -0.3 is 4.74 Å². The van der Waals surface area contributed by atoms with Crippen LogP contribution in [0.1, 0.15) is 22.6 Å². The summed E-state index contributed by atoms with van der Waals surface area (Å²) in [5.41, 5.74) is 4.80. The maximum Gasteiger partial charge on any atom is 0.410 e. The summed E-state index contributed by atoms with van der Waals surface area (Å²) in [5.74, 6) is -0.212. The van der Waals surface area contributed by atoms with Crippen LogP contribution in [0, 0.1) is 5.82 Å². The minimum atomic E-state index is -0.276. The fraction of sp³-hybridized carbons (Fsp3) is 0.167. The molecular weight excluding hydrogens is 367 g/mol. The van der Waals surface area contributed by atoms with Gasteiger partial charge >= 0.3 is 6.09 Å². The molecule has 3 heterocycles. The van der Waals surface area contributed by atoms with Gasteiger partial charge in [-0.2, -0.15) is 0 Å². The first-order valence-corrected chi connectivity index (χ1v) is 9.60. The number of pyridine rings is 1. The molecule has 0 N–H and O–H groups in total. The zero-order valence-electron chi connectivity index (χ0n) is 15.7. The van der Waals surface area contributed by atoms with Crippen LogP contribution < -0.4 is 0 Å². The average Bonchev–Trinajstić information content (AvgIpc) is 3.12. The molecule has 0 spiro atoms. The summed E-state index contributed by atoms with van der Waals surface area (Å²) >= 11 is 0. The number of carbonyl (C=O) groups is 1. The molecule has 1 amide bonds. The van der Waals surface area contributed by atoms with Crippen molar-refractivity contribution in [2.45, 2.75) is 18.5 Å². The van der Waals surface area contributed by atoms with Crippen LogP contribution in [0.5, 0.6) is 0 Å². The number of carbonyl (C=O) groups excluding carboxylic acids is 1. The highest BCUT2D eigenvalue weighted by Gasteiger charge is 2.42. The van der Waals surface area contributed by atoms with E-state index < -0.39 is 0 Å². The monoisotopic (exact) mass is 386 g/mol. The van der Waals surface area contributed by atoms with Gasteiger partial charge in [-0.15, -0.1) is 0 Å². The number of aromatic nitrogens is 1. The Labute approximate surface area is 168 Å². The van der Waals surface area contributed by atoms with Crippen molar-refractivity contribution in [3.63, 3.8) is 0 Å². The number of fused-ring (bicyclic) bond motifs is 2. The molecule has 0 bridgehead atoms. The summed E-state index contributed by atoms with van der Waals surface area (Å²) in [7, 11) is 0. The second kappa shape index (κ2) is 7.17. The van der Waals surface area contributed by atoms with Crippen molar-refractivity contribution in [2.75, 3.05) is 6.61 Å². The second-order valence-corrected chi connectivity index (χ2v) is 7.34. The van der Waals surface area contributed by atoms with E-state index in [1.54, 1.807) is 12.3 Å².